The van der Waals surface area contributed by atoms with Crippen LogP contribution in [0.15, 0.2) is 0 Å². The van der Waals surface area contributed by atoms with Gasteiger partial charge >= 0.3 is 0 Å². The maximum Gasteiger partial charge on any atom is 0.213 e. The molecule has 0 radical (unpaired) electrons. The molecule has 2 N–H and O–H groups in total. The summed E-state index contributed by atoms with van der Waals surface area (Å²) in [6, 6.07) is 0.146. The molecule has 6 heteroatoms. The van der Waals surface area contributed by atoms with Crippen molar-refractivity contribution in [1.29, 1.82) is 0 Å². The van der Waals surface area contributed by atoms with Crippen LogP contribution in [-0.4, -0.2) is 44.8 Å². The van der Waals surface area contributed by atoms with Crippen molar-refractivity contribution >= 4 is 21.8 Å². The lowest BCUT2D eigenvalue weighted by molar-refractivity contribution is 0.420. The highest BCUT2D eigenvalue weighted by molar-refractivity contribution is 7.99. The second kappa shape index (κ2) is 8.40. The second-order valence-corrected chi connectivity index (χ2v) is 7.92. The highest BCUT2D eigenvalue weighted by Crippen LogP contribution is 2.27. The van der Waals surface area contributed by atoms with Gasteiger partial charge in [-0.2, -0.15) is 11.8 Å². The summed E-state index contributed by atoms with van der Waals surface area (Å²) in [6.07, 6.45) is 7.45. The molecule has 0 aromatic heterocycles. The minimum absolute atomic E-state index is 0.146. The summed E-state index contributed by atoms with van der Waals surface area (Å²) in [5.74, 6) is 0.188. The third kappa shape index (κ3) is 6.41. The van der Waals surface area contributed by atoms with Crippen LogP contribution >= 0.6 is 11.8 Å². The predicted octanol–water partition coefficient (Wildman–Crippen LogP) is 1.58. The highest BCUT2D eigenvalue weighted by atomic mass is 32.2. The van der Waals surface area contributed by atoms with Crippen molar-refractivity contribution in [1.82, 2.24) is 10.0 Å². The smallest absolute Gasteiger partial charge is 0.213 e. The molecule has 0 heterocycles. The van der Waals surface area contributed by atoms with Gasteiger partial charge in [-0.15, -0.1) is 0 Å². The first-order valence-corrected chi connectivity index (χ1v) is 9.75. The third-order valence-electron chi connectivity index (χ3n) is 3.28. The van der Waals surface area contributed by atoms with Gasteiger partial charge in [0, 0.05) is 17.8 Å². The summed E-state index contributed by atoms with van der Waals surface area (Å²) in [6.45, 7) is 3.50. The molecule has 1 fully saturated rings. The first kappa shape index (κ1) is 16.3. The van der Waals surface area contributed by atoms with Crippen LogP contribution in [0.2, 0.25) is 0 Å². The molecule has 4 nitrogen and oxygen atoms in total. The third-order valence-corrected chi connectivity index (χ3v) is 5.81. The van der Waals surface area contributed by atoms with Crippen molar-refractivity contribution in [3.05, 3.63) is 0 Å². The fourth-order valence-corrected chi connectivity index (χ4v) is 4.37. The molecule has 0 bridgehead atoms. The van der Waals surface area contributed by atoms with E-state index in [1.54, 1.807) is 0 Å². The number of thioether (sulfide) groups is 1. The monoisotopic (exact) mass is 294 g/mol. The first-order chi connectivity index (χ1) is 8.57. The Labute approximate surface area is 116 Å². The van der Waals surface area contributed by atoms with Crippen LogP contribution < -0.4 is 10.0 Å². The molecule has 0 aromatic carbocycles. The molecule has 2 unspecified atom stereocenters. The zero-order valence-electron chi connectivity index (χ0n) is 11.4. The van der Waals surface area contributed by atoms with E-state index in [0.717, 1.165) is 32.2 Å². The Balaban J connectivity index is 2.30. The van der Waals surface area contributed by atoms with Gasteiger partial charge in [-0.1, -0.05) is 13.3 Å². The summed E-state index contributed by atoms with van der Waals surface area (Å²) < 4.78 is 26.7. The van der Waals surface area contributed by atoms with Gasteiger partial charge in [0.15, 0.2) is 0 Å². The second-order valence-electron chi connectivity index (χ2n) is 4.91. The quantitative estimate of drug-likeness (QED) is 0.667. The highest BCUT2D eigenvalue weighted by Gasteiger charge is 2.24. The van der Waals surface area contributed by atoms with E-state index >= 15 is 0 Å². The summed E-state index contributed by atoms with van der Waals surface area (Å²) >= 11 is 1.85. The lowest BCUT2D eigenvalue weighted by atomic mass is 9.96. The van der Waals surface area contributed by atoms with Crippen LogP contribution in [-0.2, 0) is 10.0 Å². The molecule has 1 saturated carbocycles. The molecule has 1 rings (SSSR count). The van der Waals surface area contributed by atoms with Crippen molar-refractivity contribution in [3.63, 3.8) is 0 Å². The Morgan fingerprint density at radius 3 is 2.72 bits per heavy atom. The number of rotatable bonds is 8. The van der Waals surface area contributed by atoms with E-state index in [-0.39, 0.29) is 11.8 Å². The molecule has 0 saturated heterocycles. The molecular formula is C12H26N2O2S2. The van der Waals surface area contributed by atoms with E-state index in [1.807, 2.05) is 11.8 Å². The molecular weight excluding hydrogens is 268 g/mol. The average Bonchev–Trinajstić information content (AvgIpc) is 2.34. The topological polar surface area (TPSA) is 58.2 Å². The number of nitrogens with one attached hydrogen (secondary N) is 2. The van der Waals surface area contributed by atoms with Gasteiger partial charge in [0.1, 0.15) is 0 Å². The Morgan fingerprint density at radius 1 is 1.28 bits per heavy atom. The first-order valence-electron chi connectivity index (χ1n) is 6.81. The van der Waals surface area contributed by atoms with E-state index < -0.39 is 10.0 Å². The molecule has 1 aliphatic carbocycles. The normalized spacial score (nSPS) is 25.2. The summed E-state index contributed by atoms with van der Waals surface area (Å²) in [7, 11) is -3.12. The Kier molecular flexibility index (Phi) is 7.60. The summed E-state index contributed by atoms with van der Waals surface area (Å²) in [4.78, 5) is 0. The standard InChI is InChI=1S/C12H26N2O2S2/c1-3-7-13-8-9-18(15,16)14-11-5-4-6-12(10-11)17-2/h11-14H,3-10H2,1-2H3. The van der Waals surface area contributed by atoms with Crippen molar-refractivity contribution in [2.24, 2.45) is 0 Å². The summed E-state index contributed by atoms with van der Waals surface area (Å²) in [5, 5.41) is 3.74. The molecule has 108 valence electrons. The fraction of sp³-hybridized carbons (Fsp3) is 1.00. The summed E-state index contributed by atoms with van der Waals surface area (Å²) in [5.41, 5.74) is 0. The minimum Gasteiger partial charge on any atom is -0.316 e. The zero-order chi connectivity index (χ0) is 13.4. The Bertz CT molecular complexity index is 320. The van der Waals surface area contributed by atoms with Crippen LogP contribution in [0.1, 0.15) is 39.0 Å². The van der Waals surface area contributed by atoms with Crippen LogP contribution in [0.4, 0.5) is 0 Å². The average molecular weight is 294 g/mol. The van der Waals surface area contributed by atoms with Gasteiger partial charge in [-0.3, -0.25) is 0 Å². The molecule has 0 amide bonds. The van der Waals surface area contributed by atoms with Crippen LogP contribution in [0.3, 0.4) is 0 Å². The molecule has 18 heavy (non-hydrogen) atoms. The van der Waals surface area contributed by atoms with Gasteiger partial charge < -0.3 is 5.32 Å². The minimum atomic E-state index is -3.12. The Morgan fingerprint density at radius 2 is 2.06 bits per heavy atom. The lowest BCUT2D eigenvalue weighted by Gasteiger charge is -2.28. The number of sulfonamides is 1. The van der Waals surface area contributed by atoms with E-state index in [9.17, 15) is 8.42 Å². The fourth-order valence-electron chi connectivity index (χ4n) is 2.29. The van der Waals surface area contributed by atoms with Crippen LogP contribution in [0.25, 0.3) is 0 Å². The van der Waals surface area contributed by atoms with Gasteiger partial charge in [0.2, 0.25) is 10.0 Å². The zero-order valence-corrected chi connectivity index (χ0v) is 13.1. The van der Waals surface area contributed by atoms with E-state index in [4.69, 9.17) is 0 Å². The van der Waals surface area contributed by atoms with Gasteiger partial charge in [0.05, 0.1) is 5.75 Å². The lowest BCUT2D eigenvalue weighted by Crippen LogP contribution is -2.41. The van der Waals surface area contributed by atoms with Gasteiger partial charge in [-0.25, -0.2) is 13.1 Å². The van der Waals surface area contributed by atoms with Crippen molar-refractivity contribution in [3.8, 4) is 0 Å². The van der Waals surface area contributed by atoms with Crippen molar-refractivity contribution < 1.29 is 8.42 Å². The maximum absolute atomic E-state index is 11.9. The predicted molar refractivity (Wildman–Crippen MR) is 79.6 cm³/mol. The Hall–Kier alpha value is 0.220. The van der Waals surface area contributed by atoms with Crippen molar-refractivity contribution in [2.45, 2.75) is 50.3 Å². The number of hydrogen-bond acceptors (Lipinski definition) is 4. The number of hydrogen-bond donors (Lipinski definition) is 2. The van der Waals surface area contributed by atoms with Gasteiger partial charge in [0.25, 0.3) is 0 Å². The largest absolute Gasteiger partial charge is 0.316 e. The molecule has 2 atom stereocenters. The molecule has 0 aliphatic heterocycles. The maximum atomic E-state index is 11.9. The SMILES string of the molecule is CCCNCCS(=O)(=O)NC1CCCC(SC)C1. The molecule has 0 aromatic rings. The van der Waals surface area contributed by atoms with Crippen molar-refractivity contribution in [2.75, 3.05) is 25.1 Å². The molecule has 0 spiro atoms. The van der Waals surface area contributed by atoms with Gasteiger partial charge in [-0.05, 0) is 38.5 Å². The van der Waals surface area contributed by atoms with E-state index in [2.05, 4.69) is 23.2 Å². The van der Waals surface area contributed by atoms with E-state index in [0.29, 0.717) is 11.8 Å². The molecule has 1 aliphatic rings. The van der Waals surface area contributed by atoms with Crippen LogP contribution in [0, 0.1) is 0 Å². The van der Waals surface area contributed by atoms with E-state index in [1.165, 1.54) is 6.42 Å². The van der Waals surface area contributed by atoms with Crippen LogP contribution in [0.5, 0.6) is 0 Å².